The normalized spacial score (nSPS) is 15.2. The summed E-state index contributed by atoms with van der Waals surface area (Å²) < 4.78 is 33.4. The first-order valence-electron chi connectivity index (χ1n) is 9.78. The number of aryl methyl sites for hydroxylation is 1. The van der Waals surface area contributed by atoms with Crippen LogP contribution in [-0.2, 0) is 10.0 Å². The lowest BCUT2D eigenvalue weighted by molar-refractivity contribution is 0.384. The standard InChI is InChI=1S/C23H23ClN2O3S/c1-18-7-8-19(24)17-23(18)25-13-15-26(16-14-25)30(27,28)22-11-9-21(10-12-22)29-20-5-3-2-4-6-20/h2-12,17H,13-16H2,1H3. The van der Waals surface area contributed by atoms with Gasteiger partial charge in [0.1, 0.15) is 11.5 Å². The molecule has 156 valence electrons. The molecule has 1 heterocycles. The molecule has 3 aromatic rings. The summed E-state index contributed by atoms with van der Waals surface area (Å²) in [5.41, 5.74) is 2.19. The molecular formula is C23H23ClN2O3S. The molecule has 30 heavy (non-hydrogen) atoms. The van der Waals surface area contributed by atoms with E-state index in [4.69, 9.17) is 16.3 Å². The van der Waals surface area contributed by atoms with Crippen molar-refractivity contribution < 1.29 is 13.2 Å². The highest BCUT2D eigenvalue weighted by molar-refractivity contribution is 7.89. The van der Waals surface area contributed by atoms with Crippen molar-refractivity contribution in [1.29, 1.82) is 0 Å². The summed E-state index contributed by atoms with van der Waals surface area (Å²) in [4.78, 5) is 2.46. The summed E-state index contributed by atoms with van der Waals surface area (Å²) in [6.07, 6.45) is 0. The first kappa shape index (κ1) is 20.7. The van der Waals surface area contributed by atoms with Crippen molar-refractivity contribution in [2.45, 2.75) is 11.8 Å². The predicted octanol–water partition coefficient (Wildman–Crippen LogP) is 4.95. The Morgan fingerprint density at radius 2 is 1.47 bits per heavy atom. The van der Waals surface area contributed by atoms with Gasteiger partial charge < -0.3 is 9.64 Å². The number of ether oxygens (including phenoxy) is 1. The number of piperazine rings is 1. The van der Waals surface area contributed by atoms with Crippen LogP contribution in [0, 0.1) is 6.92 Å². The highest BCUT2D eigenvalue weighted by atomic mass is 35.5. The van der Waals surface area contributed by atoms with Gasteiger partial charge in [0.15, 0.2) is 0 Å². The van der Waals surface area contributed by atoms with Gasteiger partial charge in [-0.15, -0.1) is 0 Å². The number of hydrogen-bond acceptors (Lipinski definition) is 4. The Hall–Kier alpha value is -2.54. The summed E-state index contributed by atoms with van der Waals surface area (Å²) in [6, 6.07) is 21.8. The monoisotopic (exact) mass is 442 g/mol. The minimum Gasteiger partial charge on any atom is -0.457 e. The van der Waals surface area contributed by atoms with Crippen molar-refractivity contribution in [3.63, 3.8) is 0 Å². The molecule has 0 radical (unpaired) electrons. The molecule has 5 nitrogen and oxygen atoms in total. The number of anilines is 1. The Kier molecular flexibility index (Phi) is 5.99. The number of rotatable bonds is 5. The fourth-order valence-corrected chi connectivity index (χ4v) is 5.13. The summed E-state index contributed by atoms with van der Waals surface area (Å²) in [5, 5.41) is 0.684. The van der Waals surface area contributed by atoms with Crippen LogP contribution < -0.4 is 9.64 Å². The second kappa shape index (κ2) is 8.68. The Morgan fingerprint density at radius 1 is 0.833 bits per heavy atom. The van der Waals surface area contributed by atoms with Crippen LogP contribution in [0.2, 0.25) is 5.02 Å². The maximum absolute atomic E-state index is 13.1. The molecular weight excluding hydrogens is 420 g/mol. The van der Waals surface area contributed by atoms with Gasteiger partial charge in [0.05, 0.1) is 4.90 Å². The predicted molar refractivity (Wildman–Crippen MR) is 120 cm³/mol. The van der Waals surface area contributed by atoms with E-state index in [1.54, 1.807) is 24.3 Å². The molecule has 0 atom stereocenters. The maximum Gasteiger partial charge on any atom is 0.243 e. The smallest absolute Gasteiger partial charge is 0.243 e. The summed E-state index contributed by atoms with van der Waals surface area (Å²) in [7, 11) is -3.55. The SMILES string of the molecule is Cc1ccc(Cl)cc1N1CCN(S(=O)(=O)c2ccc(Oc3ccccc3)cc2)CC1. The van der Waals surface area contributed by atoms with Gasteiger partial charge in [-0.2, -0.15) is 4.31 Å². The zero-order chi connectivity index (χ0) is 21.1. The zero-order valence-corrected chi connectivity index (χ0v) is 18.2. The van der Waals surface area contributed by atoms with Gasteiger partial charge in [-0.25, -0.2) is 8.42 Å². The van der Waals surface area contributed by atoms with Crippen LogP contribution in [0.5, 0.6) is 11.5 Å². The lowest BCUT2D eigenvalue weighted by Gasteiger charge is -2.36. The molecule has 0 spiro atoms. The highest BCUT2D eigenvalue weighted by Crippen LogP contribution is 2.28. The van der Waals surface area contributed by atoms with E-state index in [0.717, 1.165) is 11.3 Å². The molecule has 0 aliphatic carbocycles. The van der Waals surface area contributed by atoms with Crippen LogP contribution in [-0.4, -0.2) is 38.9 Å². The van der Waals surface area contributed by atoms with Crippen molar-refractivity contribution in [2.75, 3.05) is 31.1 Å². The third-order valence-corrected chi connectivity index (χ3v) is 7.34. The molecule has 0 N–H and O–H groups in total. The fraction of sp³-hybridized carbons (Fsp3) is 0.217. The average Bonchev–Trinajstić information content (AvgIpc) is 2.77. The van der Waals surface area contributed by atoms with E-state index in [0.29, 0.717) is 42.7 Å². The number of sulfonamides is 1. The van der Waals surface area contributed by atoms with Crippen molar-refractivity contribution in [3.8, 4) is 11.5 Å². The average molecular weight is 443 g/mol. The summed E-state index contributed by atoms with van der Waals surface area (Å²) >= 11 is 6.14. The molecule has 0 saturated carbocycles. The zero-order valence-electron chi connectivity index (χ0n) is 16.7. The Morgan fingerprint density at radius 3 is 2.13 bits per heavy atom. The molecule has 0 bridgehead atoms. The van der Waals surface area contributed by atoms with E-state index in [1.165, 1.54) is 4.31 Å². The minimum atomic E-state index is -3.55. The number of nitrogens with zero attached hydrogens (tertiary/aromatic N) is 2. The van der Waals surface area contributed by atoms with E-state index < -0.39 is 10.0 Å². The third-order valence-electron chi connectivity index (χ3n) is 5.19. The van der Waals surface area contributed by atoms with Crippen molar-refractivity contribution >= 4 is 27.3 Å². The van der Waals surface area contributed by atoms with Crippen LogP contribution in [0.25, 0.3) is 0 Å². The molecule has 1 aliphatic heterocycles. The van der Waals surface area contributed by atoms with E-state index in [1.807, 2.05) is 55.5 Å². The number of hydrogen-bond donors (Lipinski definition) is 0. The van der Waals surface area contributed by atoms with Gasteiger partial charge >= 0.3 is 0 Å². The van der Waals surface area contributed by atoms with E-state index in [9.17, 15) is 8.42 Å². The second-order valence-corrected chi connectivity index (χ2v) is 9.58. The first-order valence-corrected chi connectivity index (χ1v) is 11.6. The van der Waals surface area contributed by atoms with Gasteiger partial charge in [0, 0.05) is 36.9 Å². The quantitative estimate of drug-likeness (QED) is 0.560. The van der Waals surface area contributed by atoms with Crippen molar-refractivity contribution in [3.05, 3.63) is 83.4 Å². The van der Waals surface area contributed by atoms with E-state index in [-0.39, 0.29) is 4.90 Å². The molecule has 0 amide bonds. The van der Waals surface area contributed by atoms with Crippen LogP contribution in [0.1, 0.15) is 5.56 Å². The number of halogens is 1. The van der Waals surface area contributed by atoms with Crippen LogP contribution in [0.3, 0.4) is 0 Å². The molecule has 1 fully saturated rings. The van der Waals surface area contributed by atoms with Gasteiger partial charge in [-0.1, -0.05) is 35.9 Å². The molecule has 4 rings (SSSR count). The molecule has 0 aromatic heterocycles. The van der Waals surface area contributed by atoms with Gasteiger partial charge in [-0.3, -0.25) is 0 Å². The van der Waals surface area contributed by atoms with Crippen LogP contribution in [0.15, 0.2) is 77.7 Å². The van der Waals surface area contributed by atoms with Crippen LogP contribution >= 0.6 is 11.6 Å². The largest absolute Gasteiger partial charge is 0.457 e. The molecule has 7 heteroatoms. The van der Waals surface area contributed by atoms with Gasteiger partial charge in [-0.05, 0) is 61.0 Å². The van der Waals surface area contributed by atoms with Gasteiger partial charge in [0.2, 0.25) is 10.0 Å². The summed E-state index contributed by atoms with van der Waals surface area (Å²) in [5.74, 6) is 1.31. The molecule has 1 aliphatic rings. The number of benzene rings is 3. The third kappa shape index (κ3) is 4.46. The second-order valence-electron chi connectivity index (χ2n) is 7.21. The molecule has 3 aromatic carbocycles. The van der Waals surface area contributed by atoms with E-state index >= 15 is 0 Å². The van der Waals surface area contributed by atoms with Crippen LogP contribution in [0.4, 0.5) is 5.69 Å². The Bertz CT molecular complexity index is 1110. The topological polar surface area (TPSA) is 49.9 Å². The van der Waals surface area contributed by atoms with Crippen molar-refractivity contribution in [1.82, 2.24) is 4.31 Å². The van der Waals surface area contributed by atoms with E-state index in [2.05, 4.69) is 4.90 Å². The molecule has 1 saturated heterocycles. The highest BCUT2D eigenvalue weighted by Gasteiger charge is 2.29. The Labute approximate surface area is 182 Å². The minimum absolute atomic E-state index is 0.273. The summed E-state index contributed by atoms with van der Waals surface area (Å²) in [6.45, 7) is 4.13. The Balaban J connectivity index is 1.43. The maximum atomic E-state index is 13.1. The van der Waals surface area contributed by atoms with Crippen molar-refractivity contribution in [2.24, 2.45) is 0 Å². The first-order chi connectivity index (χ1) is 14.4. The lowest BCUT2D eigenvalue weighted by atomic mass is 10.1. The van der Waals surface area contributed by atoms with Gasteiger partial charge in [0.25, 0.3) is 0 Å². The molecule has 0 unspecified atom stereocenters. The lowest BCUT2D eigenvalue weighted by Crippen LogP contribution is -2.48. The fourth-order valence-electron chi connectivity index (χ4n) is 3.55. The number of para-hydroxylation sites is 1.